The molecule has 0 bridgehead atoms. The van der Waals surface area contributed by atoms with E-state index in [9.17, 15) is 9.59 Å². The molecule has 0 saturated carbocycles. The van der Waals surface area contributed by atoms with Crippen LogP contribution in [0.3, 0.4) is 0 Å². The third-order valence-corrected chi connectivity index (χ3v) is 5.12. The molecule has 6 nitrogen and oxygen atoms in total. The summed E-state index contributed by atoms with van der Waals surface area (Å²) in [4.78, 5) is 26.6. The zero-order chi connectivity index (χ0) is 19.4. The fourth-order valence-electron chi connectivity index (χ4n) is 3.28. The largest absolute Gasteiger partial charge is 0.472 e. The van der Waals surface area contributed by atoms with Crippen molar-refractivity contribution in [1.29, 1.82) is 0 Å². The van der Waals surface area contributed by atoms with E-state index in [1.807, 2.05) is 18.2 Å². The Morgan fingerprint density at radius 3 is 2.93 bits per heavy atom. The molecule has 144 valence electrons. The number of amides is 2. The van der Waals surface area contributed by atoms with Crippen molar-refractivity contribution in [3.8, 4) is 0 Å². The summed E-state index contributed by atoms with van der Waals surface area (Å²) in [7, 11) is 0. The number of hydrogen-bond donors (Lipinski definition) is 2. The van der Waals surface area contributed by atoms with Crippen LogP contribution in [0.2, 0.25) is 5.02 Å². The molecule has 7 heteroatoms. The number of anilines is 1. The minimum absolute atomic E-state index is 0.191. The van der Waals surface area contributed by atoms with Crippen molar-refractivity contribution in [2.75, 3.05) is 24.5 Å². The zero-order valence-corrected chi connectivity index (χ0v) is 16.3. The van der Waals surface area contributed by atoms with Gasteiger partial charge >= 0.3 is 0 Å². The topological polar surface area (TPSA) is 74.6 Å². The average molecular weight is 390 g/mol. The number of carbonyl (C=O) groups excluding carboxylic acids is 2. The lowest BCUT2D eigenvalue weighted by atomic mass is 10.1. The fourth-order valence-corrected chi connectivity index (χ4v) is 3.44. The van der Waals surface area contributed by atoms with E-state index in [0.29, 0.717) is 18.0 Å². The summed E-state index contributed by atoms with van der Waals surface area (Å²) in [5, 5.41) is 6.34. The molecule has 1 aliphatic heterocycles. The maximum absolute atomic E-state index is 12.3. The van der Waals surface area contributed by atoms with Gasteiger partial charge in [0.05, 0.1) is 11.8 Å². The van der Waals surface area contributed by atoms with Crippen LogP contribution in [0, 0.1) is 12.8 Å². The first-order valence-electron chi connectivity index (χ1n) is 9.06. The highest BCUT2D eigenvalue weighted by Gasteiger charge is 2.25. The number of nitrogens with zero attached hydrogens (tertiary/aromatic N) is 1. The number of hydrogen-bond acceptors (Lipinski definition) is 4. The van der Waals surface area contributed by atoms with Crippen LogP contribution in [-0.4, -0.2) is 37.5 Å². The molecule has 27 heavy (non-hydrogen) atoms. The minimum Gasteiger partial charge on any atom is -0.472 e. The zero-order valence-electron chi connectivity index (χ0n) is 15.5. The van der Waals surface area contributed by atoms with Crippen LogP contribution in [0.5, 0.6) is 0 Å². The molecule has 2 N–H and O–H groups in total. The number of benzene rings is 1. The summed E-state index contributed by atoms with van der Waals surface area (Å²) >= 11 is 6.12. The van der Waals surface area contributed by atoms with Crippen molar-refractivity contribution in [1.82, 2.24) is 10.6 Å². The summed E-state index contributed by atoms with van der Waals surface area (Å²) < 4.78 is 4.88. The van der Waals surface area contributed by atoms with Crippen molar-refractivity contribution in [2.45, 2.75) is 26.3 Å². The lowest BCUT2D eigenvalue weighted by Crippen LogP contribution is -2.46. The molecule has 2 unspecified atom stereocenters. The van der Waals surface area contributed by atoms with Crippen molar-refractivity contribution in [3.05, 3.63) is 52.9 Å². The van der Waals surface area contributed by atoms with E-state index in [0.717, 1.165) is 30.2 Å². The van der Waals surface area contributed by atoms with Crippen LogP contribution in [0.25, 0.3) is 0 Å². The predicted molar refractivity (Wildman–Crippen MR) is 105 cm³/mol. The van der Waals surface area contributed by atoms with E-state index in [1.165, 1.54) is 18.1 Å². The first-order valence-corrected chi connectivity index (χ1v) is 9.43. The normalized spacial score (nSPS) is 17.6. The molecule has 1 aromatic carbocycles. The number of furan rings is 1. The van der Waals surface area contributed by atoms with Gasteiger partial charge in [-0.2, -0.15) is 0 Å². The summed E-state index contributed by atoms with van der Waals surface area (Å²) in [5.41, 5.74) is 2.75. The Labute approximate surface area is 163 Å². The van der Waals surface area contributed by atoms with Gasteiger partial charge in [0.2, 0.25) is 5.91 Å². The van der Waals surface area contributed by atoms with Crippen molar-refractivity contribution in [3.63, 3.8) is 0 Å². The van der Waals surface area contributed by atoms with E-state index < -0.39 is 6.04 Å². The molecule has 2 amide bonds. The molecule has 2 atom stereocenters. The summed E-state index contributed by atoms with van der Waals surface area (Å²) in [6, 6.07) is 6.86. The number of halogens is 1. The number of rotatable bonds is 6. The summed E-state index contributed by atoms with van der Waals surface area (Å²) in [6.45, 7) is 6.14. The highest BCUT2D eigenvalue weighted by Crippen LogP contribution is 2.29. The van der Waals surface area contributed by atoms with Crippen molar-refractivity contribution in [2.24, 2.45) is 5.92 Å². The summed E-state index contributed by atoms with van der Waals surface area (Å²) in [6.07, 6.45) is 3.78. The van der Waals surface area contributed by atoms with Crippen molar-refractivity contribution < 1.29 is 14.0 Å². The van der Waals surface area contributed by atoms with Gasteiger partial charge in [0, 0.05) is 30.3 Å². The van der Waals surface area contributed by atoms with Gasteiger partial charge in [-0.3, -0.25) is 9.59 Å². The monoisotopic (exact) mass is 389 g/mol. The molecular weight excluding hydrogens is 366 g/mol. The molecule has 1 saturated heterocycles. The van der Waals surface area contributed by atoms with Crippen LogP contribution in [0.4, 0.5) is 5.69 Å². The Kier molecular flexibility index (Phi) is 6.06. The molecular formula is C20H24ClN3O3. The fraction of sp³-hybridized carbons (Fsp3) is 0.400. The van der Waals surface area contributed by atoms with Gasteiger partial charge in [0.15, 0.2) is 0 Å². The second-order valence-corrected chi connectivity index (χ2v) is 7.42. The van der Waals surface area contributed by atoms with Gasteiger partial charge in [-0.25, -0.2) is 0 Å². The Morgan fingerprint density at radius 2 is 2.19 bits per heavy atom. The molecule has 0 aliphatic carbocycles. The highest BCUT2D eigenvalue weighted by molar-refractivity contribution is 6.30. The molecule has 1 aromatic heterocycles. The third kappa shape index (κ3) is 4.83. The Morgan fingerprint density at radius 1 is 1.37 bits per heavy atom. The highest BCUT2D eigenvalue weighted by atomic mass is 35.5. The Bertz CT molecular complexity index is 807. The number of nitrogens with one attached hydrogen (secondary N) is 2. The van der Waals surface area contributed by atoms with Gasteiger partial charge in [-0.1, -0.05) is 17.7 Å². The number of carbonyl (C=O) groups is 2. The molecule has 1 fully saturated rings. The summed E-state index contributed by atoms with van der Waals surface area (Å²) in [5.74, 6) is -0.150. The van der Waals surface area contributed by atoms with Crippen molar-refractivity contribution >= 4 is 29.1 Å². The van der Waals surface area contributed by atoms with Gasteiger partial charge in [0.25, 0.3) is 5.91 Å². The quantitative estimate of drug-likeness (QED) is 0.796. The van der Waals surface area contributed by atoms with E-state index >= 15 is 0 Å². The smallest absolute Gasteiger partial charge is 0.255 e. The van der Waals surface area contributed by atoms with Crippen LogP contribution in [-0.2, 0) is 4.79 Å². The molecule has 0 radical (unpaired) electrons. The van der Waals surface area contributed by atoms with Gasteiger partial charge in [-0.05, 0) is 49.9 Å². The lowest BCUT2D eigenvalue weighted by Gasteiger charge is -2.21. The predicted octanol–water partition coefficient (Wildman–Crippen LogP) is 3.00. The average Bonchev–Trinajstić information content (AvgIpc) is 3.33. The van der Waals surface area contributed by atoms with Crippen LogP contribution in [0.1, 0.15) is 29.3 Å². The standard InChI is InChI=1S/C20H24ClN3O3/c1-13-3-4-17(21)9-18(13)24-7-5-15(11-24)10-22-19(25)14(2)23-20(26)16-6-8-27-12-16/h3-4,6,8-9,12,14-15H,5,7,10-11H2,1-2H3,(H,22,25)(H,23,26). The maximum Gasteiger partial charge on any atom is 0.255 e. The van der Waals surface area contributed by atoms with Gasteiger partial charge in [0.1, 0.15) is 12.3 Å². The van der Waals surface area contributed by atoms with Gasteiger partial charge in [-0.15, -0.1) is 0 Å². The maximum atomic E-state index is 12.3. The Balaban J connectivity index is 1.47. The van der Waals surface area contributed by atoms with E-state index in [1.54, 1.807) is 13.0 Å². The molecule has 3 rings (SSSR count). The van der Waals surface area contributed by atoms with Crippen LogP contribution in [0.15, 0.2) is 41.2 Å². The Hall–Kier alpha value is -2.47. The number of aryl methyl sites for hydroxylation is 1. The van der Waals surface area contributed by atoms with E-state index in [-0.39, 0.29) is 11.8 Å². The first kappa shape index (κ1) is 19.3. The minimum atomic E-state index is -0.611. The second-order valence-electron chi connectivity index (χ2n) is 6.98. The molecule has 2 aromatic rings. The second kappa shape index (κ2) is 8.48. The molecule has 2 heterocycles. The lowest BCUT2D eigenvalue weighted by molar-refractivity contribution is -0.122. The molecule has 1 aliphatic rings. The molecule has 0 spiro atoms. The third-order valence-electron chi connectivity index (χ3n) is 4.89. The van der Waals surface area contributed by atoms with Crippen LogP contribution >= 0.6 is 11.6 Å². The first-order chi connectivity index (χ1) is 12.9. The van der Waals surface area contributed by atoms with Crippen LogP contribution < -0.4 is 15.5 Å². The van der Waals surface area contributed by atoms with Gasteiger partial charge < -0.3 is 20.0 Å². The van der Waals surface area contributed by atoms with E-state index in [4.69, 9.17) is 16.0 Å². The van der Waals surface area contributed by atoms with E-state index in [2.05, 4.69) is 22.5 Å². The SMILES string of the molecule is Cc1ccc(Cl)cc1N1CCC(CNC(=O)C(C)NC(=O)c2ccoc2)C1.